The highest BCUT2D eigenvalue weighted by molar-refractivity contribution is 6.03. The number of likely N-dealkylation sites (tertiary alicyclic amines) is 1. The molecule has 0 spiro atoms. The van der Waals surface area contributed by atoms with Gasteiger partial charge in [-0.05, 0) is 73.3 Å². The topological polar surface area (TPSA) is 110 Å². The molecule has 0 atom stereocenters. The number of fused-ring (bicyclic) bond motifs is 2. The van der Waals surface area contributed by atoms with Crippen LogP contribution < -0.4 is 19.5 Å². The molecule has 0 bridgehead atoms. The molecule has 0 saturated carbocycles. The molecular weight excluding hydrogens is 486 g/mol. The fraction of sp³-hybridized carbons (Fsp3) is 0.345. The smallest absolute Gasteiger partial charge is 0.328 e. The lowest BCUT2D eigenvalue weighted by molar-refractivity contribution is -0.131. The molecule has 9 heteroatoms. The SMILES string of the molecule is COc1ccc2c(/C=C/C(=O)O)ccc(NC(=O)CC3CCN(Cc4ccc5c(c4)OCCO5)CC3)c2n1. The van der Waals surface area contributed by atoms with Crippen LogP contribution in [0.1, 0.15) is 30.4 Å². The minimum atomic E-state index is -1.03. The summed E-state index contributed by atoms with van der Waals surface area (Å²) in [6, 6.07) is 13.2. The largest absolute Gasteiger partial charge is 0.486 e. The van der Waals surface area contributed by atoms with Crippen molar-refractivity contribution in [2.75, 3.05) is 38.7 Å². The molecule has 0 radical (unpaired) electrons. The number of aliphatic carboxylic acids is 1. The quantitative estimate of drug-likeness (QED) is 0.425. The molecule has 2 aromatic carbocycles. The number of nitrogens with zero attached hydrogens (tertiary/aromatic N) is 2. The van der Waals surface area contributed by atoms with Crippen LogP contribution in [0.2, 0.25) is 0 Å². The van der Waals surface area contributed by atoms with Crippen LogP contribution in [0.5, 0.6) is 17.4 Å². The zero-order chi connectivity index (χ0) is 26.5. The Morgan fingerprint density at radius 3 is 2.66 bits per heavy atom. The van der Waals surface area contributed by atoms with Crippen molar-refractivity contribution >= 4 is 34.5 Å². The average molecular weight is 518 g/mol. The maximum Gasteiger partial charge on any atom is 0.328 e. The molecule has 1 fully saturated rings. The molecule has 3 aromatic rings. The Morgan fingerprint density at radius 1 is 1.11 bits per heavy atom. The standard InChI is InChI=1S/C29H31N3O6/c1-36-27-8-5-22-21(4-9-28(34)35)3-6-23(29(22)31-27)30-26(33)17-19-10-12-32(13-11-19)18-20-2-7-24-25(16-20)38-15-14-37-24/h2-9,16,19H,10-15,17-18H2,1H3,(H,30,33)(H,34,35)/b9-4+. The summed E-state index contributed by atoms with van der Waals surface area (Å²) in [6.45, 7) is 3.87. The summed E-state index contributed by atoms with van der Waals surface area (Å²) in [6.07, 6.45) is 4.93. The maximum atomic E-state index is 13.0. The number of ether oxygens (including phenoxy) is 3. The number of carbonyl (C=O) groups excluding carboxylic acids is 1. The van der Waals surface area contributed by atoms with Gasteiger partial charge in [0.25, 0.3) is 0 Å². The third-order valence-corrected chi connectivity index (χ3v) is 6.95. The number of amides is 1. The molecule has 9 nitrogen and oxygen atoms in total. The lowest BCUT2D eigenvalue weighted by atomic mass is 9.93. The number of nitrogens with one attached hydrogen (secondary N) is 1. The first-order chi connectivity index (χ1) is 18.5. The van der Waals surface area contributed by atoms with Crippen LogP contribution in [0.4, 0.5) is 5.69 Å². The van der Waals surface area contributed by atoms with Crippen molar-refractivity contribution in [3.8, 4) is 17.4 Å². The van der Waals surface area contributed by atoms with E-state index in [1.54, 1.807) is 18.2 Å². The van der Waals surface area contributed by atoms with Gasteiger partial charge in [-0.15, -0.1) is 0 Å². The molecule has 1 amide bonds. The molecule has 0 aliphatic carbocycles. The van der Waals surface area contributed by atoms with E-state index in [9.17, 15) is 9.59 Å². The normalized spacial score (nSPS) is 16.0. The van der Waals surface area contributed by atoms with Gasteiger partial charge in [-0.3, -0.25) is 9.69 Å². The highest BCUT2D eigenvalue weighted by Gasteiger charge is 2.23. The van der Waals surface area contributed by atoms with E-state index in [2.05, 4.69) is 27.3 Å². The molecular formula is C29H31N3O6. The minimum absolute atomic E-state index is 0.0602. The van der Waals surface area contributed by atoms with E-state index < -0.39 is 5.97 Å². The Kier molecular flexibility index (Phi) is 7.74. The van der Waals surface area contributed by atoms with Crippen LogP contribution in [0.25, 0.3) is 17.0 Å². The molecule has 5 rings (SSSR count). The van der Waals surface area contributed by atoms with E-state index in [0.29, 0.717) is 48.2 Å². The van der Waals surface area contributed by atoms with Crippen molar-refractivity contribution in [1.82, 2.24) is 9.88 Å². The Balaban J connectivity index is 1.19. The molecule has 198 valence electrons. The van der Waals surface area contributed by atoms with E-state index in [1.807, 2.05) is 12.1 Å². The molecule has 2 aliphatic rings. The lowest BCUT2D eigenvalue weighted by Gasteiger charge is -2.32. The molecule has 38 heavy (non-hydrogen) atoms. The number of carbonyl (C=O) groups is 2. The first kappa shape index (κ1) is 25.5. The zero-order valence-electron chi connectivity index (χ0n) is 21.3. The number of methoxy groups -OCH3 is 1. The van der Waals surface area contributed by atoms with E-state index in [4.69, 9.17) is 19.3 Å². The predicted molar refractivity (Wildman–Crippen MR) is 144 cm³/mol. The van der Waals surface area contributed by atoms with Gasteiger partial charge in [0, 0.05) is 30.5 Å². The second-order valence-corrected chi connectivity index (χ2v) is 9.57. The molecule has 2 N–H and O–H groups in total. The summed E-state index contributed by atoms with van der Waals surface area (Å²) in [5, 5.41) is 12.7. The number of aromatic nitrogens is 1. The average Bonchev–Trinajstić information content (AvgIpc) is 2.93. The van der Waals surface area contributed by atoms with E-state index >= 15 is 0 Å². The number of piperidine rings is 1. The van der Waals surface area contributed by atoms with Gasteiger partial charge in [0.15, 0.2) is 11.5 Å². The number of hydrogen-bond acceptors (Lipinski definition) is 7. The molecule has 2 aliphatic heterocycles. The second kappa shape index (κ2) is 11.5. The summed E-state index contributed by atoms with van der Waals surface area (Å²) >= 11 is 0. The van der Waals surface area contributed by atoms with Crippen LogP contribution in [-0.4, -0.2) is 60.3 Å². The summed E-state index contributed by atoms with van der Waals surface area (Å²) in [5.41, 5.74) is 3.02. The fourth-order valence-electron chi connectivity index (χ4n) is 5.00. The fourth-order valence-corrected chi connectivity index (χ4v) is 5.00. The van der Waals surface area contributed by atoms with E-state index in [-0.39, 0.29) is 5.91 Å². The van der Waals surface area contributed by atoms with Gasteiger partial charge in [-0.2, -0.15) is 0 Å². The third kappa shape index (κ3) is 6.06. The zero-order valence-corrected chi connectivity index (χ0v) is 21.3. The monoisotopic (exact) mass is 517 g/mol. The van der Waals surface area contributed by atoms with Crippen LogP contribution >= 0.6 is 0 Å². The van der Waals surface area contributed by atoms with Crippen molar-refractivity contribution in [2.45, 2.75) is 25.8 Å². The molecule has 1 saturated heterocycles. The minimum Gasteiger partial charge on any atom is -0.486 e. The van der Waals surface area contributed by atoms with Crippen LogP contribution in [0, 0.1) is 5.92 Å². The Morgan fingerprint density at radius 2 is 1.89 bits per heavy atom. The third-order valence-electron chi connectivity index (χ3n) is 6.95. The summed E-state index contributed by atoms with van der Waals surface area (Å²) in [4.78, 5) is 30.9. The summed E-state index contributed by atoms with van der Waals surface area (Å²) in [7, 11) is 1.53. The second-order valence-electron chi connectivity index (χ2n) is 9.57. The Bertz CT molecular complexity index is 1360. The van der Waals surface area contributed by atoms with Gasteiger partial charge < -0.3 is 24.6 Å². The highest BCUT2D eigenvalue weighted by Crippen LogP contribution is 2.32. The first-order valence-corrected chi connectivity index (χ1v) is 12.8. The number of anilines is 1. The van der Waals surface area contributed by atoms with E-state index in [0.717, 1.165) is 55.4 Å². The van der Waals surface area contributed by atoms with Gasteiger partial charge in [-0.25, -0.2) is 9.78 Å². The van der Waals surface area contributed by atoms with Gasteiger partial charge in [0.2, 0.25) is 11.8 Å². The molecule has 1 aromatic heterocycles. The lowest BCUT2D eigenvalue weighted by Crippen LogP contribution is -2.34. The Labute approximate surface area is 221 Å². The Hall–Kier alpha value is -4.11. The van der Waals surface area contributed by atoms with Crippen LogP contribution in [0.3, 0.4) is 0 Å². The van der Waals surface area contributed by atoms with Crippen molar-refractivity contribution in [3.63, 3.8) is 0 Å². The number of rotatable bonds is 8. The summed E-state index contributed by atoms with van der Waals surface area (Å²) in [5.74, 6) is 1.24. The van der Waals surface area contributed by atoms with Crippen molar-refractivity contribution in [1.29, 1.82) is 0 Å². The molecule has 0 unspecified atom stereocenters. The molecule has 3 heterocycles. The summed E-state index contributed by atoms with van der Waals surface area (Å²) < 4.78 is 16.6. The van der Waals surface area contributed by atoms with Crippen molar-refractivity contribution < 1.29 is 28.9 Å². The maximum absolute atomic E-state index is 13.0. The van der Waals surface area contributed by atoms with Crippen LogP contribution in [0.15, 0.2) is 48.5 Å². The van der Waals surface area contributed by atoms with Crippen LogP contribution in [-0.2, 0) is 16.1 Å². The number of benzene rings is 2. The van der Waals surface area contributed by atoms with Gasteiger partial charge in [-0.1, -0.05) is 12.1 Å². The van der Waals surface area contributed by atoms with Gasteiger partial charge in [0.1, 0.15) is 13.2 Å². The first-order valence-electron chi connectivity index (χ1n) is 12.8. The number of hydrogen-bond donors (Lipinski definition) is 2. The van der Waals surface area contributed by atoms with E-state index in [1.165, 1.54) is 18.7 Å². The van der Waals surface area contributed by atoms with Gasteiger partial charge >= 0.3 is 5.97 Å². The highest BCUT2D eigenvalue weighted by atomic mass is 16.6. The van der Waals surface area contributed by atoms with Gasteiger partial charge in [0.05, 0.1) is 18.3 Å². The van der Waals surface area contributed by atoms with Crippen molar-refractivity contribution in [2.24, 2.45) is 5.92 Å². The van der Waals surface area contributed by atoms with Crippen molar-refractivity contribution in [3.05, 3.63) is 59.7 Å². The number of carboxylic acids is 1. The number of carboxylic acid groups (broad SMARTS) is 1. The number of pyridine rings is 1. The predicted octanol–water partition coefficient (Wildman–Crippen LogP) is 4.35.